The topological polar surface area (TPSA) is 84.7 Å². The third kappa shape index (κ3) is 1.76. The van der Waals surface area contributed by atoms with Crippen molar-refractivity contribution in [3.63, 3.8) is 0 Å². The number of rotatable bonds is 2. The molecule has 0 saturated heterocycles. The largest absolute Gasteiger partial charge is 0.382 e. The van der Waals surface area contributed by atoms with Crippen LogP contribution in [0, 0.1) is 11.3 Å². The van der Waals surface area contributed by atoms with Gasteiger partial charge in [0.25, 0.3) is 0 Å². The number of anilines is 1. The third-order valence-electron chi connectivity index (χ3n) is 2.37. The van der Waals surface area contributed by atoms with E-state index in [0.717, 1.165) is 0 Å². The zero-order chi connectivity index (χ0) is 12.4. The second-order valence-corrected chi connectivity index (χ2v) is 3.52. The molecule has 0 aliphatic carbocycles. The van der Waals surface area contributed by atoms with Gasteiger partial charge in [-0.15, -0.1) is 0 Å². The predicted molar refractivity (Wildman–Crippen MR) is 62.7 cm³/mol. The molecule has 0 saturated carbocycles. The summed E-state index contributed by atoms with van der Waals surface area (Å²) in [5, 5.41) is 13.0. The molecule has 0 radical (unpaired) electrons. The van der Waals surface area contributed by atoms with Crippen LogP contribution in [0.1, 0.15) is 23.0 Å². The number of nitrogen functional groups attached to an aromatic ring is 1. The van der Waals surface area contributed by atoms with Crippen LogP contribution in [0.15, 0.2) is 30.3 Å². The molecule has 0 aliphatic rings. The summed E-state index contributed by atoms with van der Waals surface area (Å²) in [6.07, 6.45) is 0. The molecule has 5 heteroatoms. The lowest BCUT2D eigenvalue weighted by Crippen LogP contribution is -2.02. The van der Waals surface area contributed by atoms with Gasteiger partial charge in [-0.3, -0.25) is 4.79 Å². The minimum Gasteiger partial charge on any atom is -0.382 e. The summed E-state index contributed by atoms with van der Waals surface area (Å²) in [4.78, 5) is 11.3. The highest BCUT2D eigenvalue weighted by molar-refractivity contribution is 5.96. The van der Waals surface area contributed by atoms with Crippen LogP contribution in [-0.2, 0) is 0 Å². The lowest BCUT2D eigenvalue weighted by Gasteiger charge is -2.02. The second kappa shape index (κ2) is 4.10. The molecule has 0 aliphatic heterocycles. The lowest BCUT2D eigenvalue weighted by atomic mass is 10.2. The van der Waals surface area contributed by atoms with Crippen molar-refractivity contribution in [2.75, 3.05) is 5.73 Å². The normalized spacial score (nSPS) is 9.88. The first-order valence-electron chi connectivity index (χ1n) is 5.00. The molecule has 0 unspecified atom stereocenters. The van der Waals surface area contributed by atoms with Gasteiger partial charge in [0.2, 0.25) is 0 Å². The van der Waals surface area contributed by atoms with Crippen molar-refractivity contribution < 1.29 is 4.79 Å². The van der Waals surface area contributed by atoms with Crippen molar-refractivity contribution in [1.82, 2.24) is 9.78 Å². The number of ketones is 1. The Morgan fingerprint density at radius 1 is 1.41 bits per heavy atom. The zero-order valence-electron chi connectivity index (χ0n) is 9.21. The highest BCUT2D eigenvalue weighted by atomic mass is 16.1. The molecule has 1 aromatic carbocycles. The average Bonchev–Trinajstić information content (AvgIpc) is 2.67. The molecule has 1 aromatic heterocycles. The molecule has 2 rings (SSSR count). The molecule has 84 valence electrons. The summed E-state index contributed by atoms with van der Waals surface area (Å²) in [6, 6.07) is 11.0. The van der Waals surface area contributed by atoms with E-state index >= 15 is 0 Å². The number of nitrogens with two attached hydrogens (primary N) is 1. The zero-order valence-corrected chi connectivity index (χ0v) is 9.21. The fraction of sp³-hybridized carbons (Fsp3) is 0.0833. The predicted octanol–water partition coefficient (Wildman–Crippen LogP) is 1.53. The average molecular weight is 226 g/mol. The molecule has 2 aromatic rings. The number of para-hydroxylation sites is 1. The standard InChI is InChI=1S/C12H10N4O/c1-8(17)11-10(7-13)12(14)16(15-11)9-5-3-2-4-6-9/h2-6H,14H2,1H3. The number of carbonyl (C=O) groups is 1. The molecule has 0 bridgehead atoms. The molecule has 2 N–H and O–H groups in total. The van der Waals surface area contributed by atoms with Crippen LogP contribution in [0.2, 0.25) is 0 Å². The van der Waals surface area contributed by atoms with Crippen molar-refractivity contribution in [2.24, 2.45) is 0 Å². The van der Waals surface area contributed by atoms with Crippen LogP contribution in [0.5, 0.6) is 0 Å². The minimum atomic E-state index is -0.275. The summed E-state index contributed by atoms with van der Waals surface area (Å²) in [7, 11) is 0. The highest BCUT2D eigenvalue weighted by Crippen LogP contribution is 2.20. The number of nitriles is 1. The quantitative estimate of drug-likeness (QED) is 0.787. The van der Waals surface area contributed by atoms with E-state index < -0.39 is 0 Å². The number of hydrogen-bond acceptors (Lipinski definition) is 4. The number of hydrogen-bond donors (Lipinski definition) is 1. The maximum Gasteiger partial charge on any atom is 0.181 e. The first-order chi connectivity index (χ1) is 8.15. The Morgan fingerprint density at radius 2 is 2.06 bits per heavy atom. The van der Waals surface area contributed by atoms with Crippen LogP contribution >= 0.6 is 0 Å². The maximum absolute atomic E-state index is 11.3. The van der Waals surface area contributed by atoms with Crippen LogP contribution in [0.3, 0.4) is 0 Å². The number of Topliss-reactive ketones (excluding diaryl/α,β-unsaturated/α-hetero) is 1. The van der Waals surface area contributed by atoms with Gasteiger partial charge >= 0.3 is 0 Å². The molecule has 0 spiro atoms. The van der Waals surface area contributed by atoms with Crippen molar-refractivity contribution in [1.29, 1.82) is 5.26 Å². The first kappa shape index (κ1) is 10.9. The fourth-order valence-electron chi connectivity index (χ4n) is 1.55. The first-order valence-corrected chi connectivity index (χ1v) is 5.00. The Bertz CT molecular complexity index is 607. The van der Waals surface area contributed by atoms with Gasteiger partial charge in [-0.2, -0.15) is 10.4 Å². The molecule has 5 nitrogen and oxygen atoms in total. The molecule has 0 fully saturated rings. The number of benzene rings is 1. The van der Waals surface area contributed by atoms with E-state index in [4.69, 9.17) is 11.0 Å². The van der Waals surface area contributed by atoms with E-state index in [-0.39, 0.29) is 22.9 Å². The summed E-state index contributed by atoms with van der Waals surface area (Å²) < 4.78 is 1.40. The van der Waals surface area contributed by atoms with Crippen LogP contribution in [0.4, 0.5) is 5.82 Å². The van der Waals surface area contributed by atoms with Crippen LogP contribution in [-0.4, -0.2) is 15.6 Å². The monoisotopic (exact) mass is 226 g/mol. The lowest BCUT2D eigenvalue weighted by molar-refractivity contribution is 0.101. The van der Waals surface area contributed by atoms with E-state index in [1.54, 1.807) is 12.1 Å². The Kier molecular flexibility index (Phi) is 2.63. The Morgan fingerprint density at radius 3 is 2.53 bits per heavy atom. The molecule has 0 atom stereocenters. The summed E-state index contributed by atoms with van der Waals surface area (Å²) in [5.41, 5.74) is 6.76. The van der Waals surface area contributed by atoms with E-state index in [1.807, 2.05) is 24.3 Å². The van der Waals surface area contributed by atoms with Gasteiger partial charge in [-0.25, -0.2) is 4.68 Å². The van der Waals surface area contributed by atoms with Gasteiger partial charge in [-0.1, -0.05) is 18.2 Å². The van der Waals surface area contributed by atoms with Gasteiger partial charge in [0, 0.05) is 6.92 Å². The van der Waals surface area contributed by atoms with Crippen molar-refractivity contribution in [2.45, 2.75) is 6.92 Å². The smallest absolute Gasteiger partial charge is 0.181 e. The van der Waals surface area contributed by atoms with Gasteiger partial charge in [-0.05, 0) is 12.1 Å². The molecular weight excluding hydrogens is 216 g/mol. The minimum absolute atomic E-state index is 0.105. The van der Waals surface area contributed by atoms with Gasteiger partial charge in [0.05, 0.1) is 5.69 Å². The van der Waals surface area contributed by atoms with Gasteiger partial charge in [0.15, 0.2) is 5.78 Å². The highest BCUT2D eigenvalue weighted by Gasteiger charge is 2.19. The van der Waals surface area contributed by atoms with Crippen molar-refractivity contribution in [3.05, 3.63) is 41.6 Å². The molecule has 1 heterocycles. The Balaban J connectivity index is 2.66. The fourth-order valence-corrected chi connectivity index (χ4v) is 1.55. The summed E-state index contributed by atoms with van der Waals surface area (Å²) >= 11 is 0. The third-order valence-corrected chi connectivity index (χ3v) is 2.37. The van der Waals surface area contributed by atoms with Crippen LogP contribution < -0.4 is 5.73 Å². The van der Waals surface area contributed by atoms with Crippen LogP contribution in [0.25, 0.3) is 5.69 Å². The Hall–Kier alpha value is -2.61. The SMILES string of the molecule is CC(=O)c1nn(-c2ccccc2)c(N)c1C#N. The summed E-state index contributed by atoms with van der Waals surface area (Å²) in [6.45, 7) is 1.36. The van der Waals surface area contributed by atoms with Crippen molar-refractivity contribution in [3.8, 4) is 11.8 Å². The number of nitrogens with zero attached hydrogens (tertiary/aromatic N) is 3. The van der Waals surface area contributed by atoms with E-state index in [9.17, 15) is 4.79 Å². The van der Waals surface area contributed by atoms with Crippen molar-refractivity contribution >= 4 is 11.6 Å². The van der Waals surface area contributed by atoms with Gasteiger partial charge in [0.1, 0.15) is 23.1 Å². The maximum atomic E-state index is 11.3. The van der Waals surface area contributed by atoms with E-state index in [1.165, 1.54) is 11.6 Å². The molecular formula is C12H10N4O. The molecule has 17 heavy (non-hydrogen) atoms. The number of carbonyl (C=O) groups excluding carboxylic acids is 1. The van der Waals surface area contributed by atoms with Gasteiger partial charge < -0.3 is 5.73 Å². The summed E-state index contributed by atoms with van der Waals surface area (Å²) in [5.74, 6) is -0.0909. The number of aromatic nitrogens is 2. The Labute approximate surface area is 98.1 Å². The molecule has 0 amide bonds. The van der Waals surface area contributed by atoms with E-state index in [2.05, 4.69) is 5.10 Å². The second-order valence-electron chi connectivity index (χ2n) is 3.52. The van der Waals surface area contributed by atoms with E-state index in [0.29, 0.717) is 5.69 Å².